The highest BCUT2D eigenvalue weighted by Gasteiger charge is 2.27. The molecule has 0 saturated carbocycles. The molecule has 0 bridgehead atoms. The molecule has 2 rings (SSSR count). The average Bonchev–Trinajstić information content (AvgIpc) is 2.63. The van der Waals surface area contributed by atoms with Crippen LogP contribution in [0, 0.1) is 5.41 Å². The van der Waals surface area contributed by atoms with Crippen LogP contribution >= 0.6 is 0 Å². The van der Waals surface area contributed by atoms with Gasteiger partial charge >= 0.3 is 0 Å². The Balaban J connectivity index is 0.00000480. The van der Waals surface area contributed by atoms with Crippen LogP contribution in [-0.4, -0.2) is 44.9 Å². The third-order valence-corrected chi connectivity index (χ3v) is 5.40. The molecule has 0 N–H and O–H groups in total. The largest absolute Gasteiger partial charge is 1.00 e. The van der Waals surface area contributed by atoms with Gasteiger partial charge in [0.25, 0.3) is 0 Å². The predicted molar refractivity (Wildman–Crippen MR) is 127 cm³/mol. The zero-order chi connectivity index (χ0) is 22.3. The summed E-state index contributed by atoms with van der Waals surface area (Å²) in [5, 5.41) is 0. The molecule has 0 aliphatic heterocycles. The lowest BCUT2D eigenvalue weighted by Gasteiger charge is -2.33. The van der Waals surface area contributed by atoms with Crippen molar-refractivity contribution in [2.24, 2.45) is 5.41 Å². The first-order chi connectivity index (χ1) is 14.0. The second kappa shape index (κ2) is 12.0. The Hall–Kier alpha value is -1.36. The van der Waals surface area contributed by atoms with Crippen molar-refractivity contribution < 1.29 is 30.9 Å². The average molecular weight is 493 g/mol. The third-order valence-electron chi connectivity index (χ3n) is 5.40. The van der Waals surface area contributed by atoms with Crippen molar-refractivity contribution in [2.45, 2.75) is 53.0 Å². The highest BCUT2D eigenvalue weighted by molar-refractivity contribution is 5.28. The van der Waals surface area contributed by atoms with Gasteiger partial charge in [-0.3, -0.25) is 0 Å². The number of rotatable bonds is 11. The molecule has 3 nitrogen and oxygen atoms in total. The van der Waals surface area contributed by atoms with Crippen LogP contribution in [0.2, 0.25) is 0 Å². The lowest BCUT2D eigenvalue weighted by molar-refractivity contribution is -0.904. The van der Waals surface area contributed by atoms with Crippen LogP contribution in [0.25, 0.3) is 0 Å². The molecule has 0 saturated heterocycles. The fourth-order valence-electron chi connectivity index (χ4n) is 4.21. The minimum Gasteiger partial charge on any atom is -1.00 e. The van der Waals surface area contributed by atoms with Crippen LogP contribution in [0.5, 0.6) is 5.75 Å². The molecule has 0 radical (unpaired) electrons. The Morgan fingerprint density at radius 1 is 0.774 bits per heavy atom. The molecule has 0 fully saturated rings. The Labute approximate surface area is 201 Å². The molecular formula is C27H42BrNO2. The number of benzene rings is 2. The number of hydrogen-bond acceptors (Lipinski definition) is 2. The highest BCUT2D eigenvalue weighted by Crippen LogP contribution is 2.36. The first-order valence-electron chi connectivity index (χ1n) is 11.1. The molecule has 0 heterocycles. The number of ether oxygens (including phenoxy) is 2. The minimum atomic E-state index is 0. The van der Waals surface area contributed by atoms with E-state index in [9.17, 15) is 0 Å². The van der Waals surface area contributed by atoms with Gasteiger partial charge < -0.3 is 30.9 Å². The van der Waals surface area contributed by atoms with Crippen LogP contribution in [0.4, 0.5) is 0 Å². The Kier molecular flexibility index (Phi) is 10.7. The zero-order valence-corrected chi connectivity index (χ0v) is 22.2. The van der Waals surface area contributed by atoms with Crippen molar-refractivity contribution in [1.29, 1.82) is 0 Å². The summed E-state index contributed by atoms with van der Waals surface area (Å²) in [5.74, 6) is 0.895. The monoisotopic (exact) mass is 491 g/mol. The highest BCUT2D eigenvalue weighted by atomic mass is 79.9. The Morgan fingerprint density at radius 3 is 1.97 bits per heavy atom. The zero-order valence-electron chi connectivity index (χ0n) is 20.6. The molecule has 0 spiro atoms. The summed E-state index contributed by atoms with van der Waals surface area (Å²) >= 11 is 0. The minimum absolute atomic E-state index is 0. The number of halogens is 1. The van der Waals surface area contributed by atoms with Gasteiger partial charge in [-0.15, -0.1) is 0 Å². The fraction of sp³-hybridized carbons (Fsp3) is 0.556. The molecule has 31 heavy (non-hydrogen) atoms. The first kappa shape index (κ1) is 27.7. The summed E-state index contributed by atoms with van der Waals surface area (Å²) in [4.78, 5) is 0. The summed E-state index contributed by atoms with van der Waals surface area (Å²) in [6.45, 7) is 15.6. The van der Waals surface area contributed by atoms with Crippen molar-refractivity contribution in [3.05, 3.63) is 65.7 Å². The summed E-state index contributed by atoms with van der Waals surface area (Å²) in [5.41, 5.74) is 3.32. The van der Waals surface area contributed by atoms with Crippen molar-refractivity contribution >= 4 is 0 Å². The number of para-hydroxylation sites is 1. The van der Waals surface area contributed by atoms with Crippen molar-refractivity contribution in [3.8, 4) is 5.75 Å². The lowest BCUT2D eigenvalue weighted by Crippen LogP contribution is -3.00. The number of likely N-dealkylation sites (N-methyl/N-ethyl adjacent to an activating group) is 1. The van der Waals surface area contributed by atoms with E-state index >= 15 is 0 Å². The van der Waals surface area contributed by atoms with E-state index < -0.39 is 0 Å². The maximum absolute atomic E-state index is 5.80. The molecule has 0 aromatic heterocycles. The van der Waals surface area contributed by atoms with E-state index in [4.69, 9.17) is 9.47 Å². The van der Waals surface area contributed by atoms with E-state index in [2.05, 4.69) is 73.0 Å². The molecule has 2 aromatic carbocycles. The van der Waals surface area contributed by atoms with Crippen LogP contribution in [-0.2, 0) is 16.7 Å². The first-order valence-corrected chi connectivity index (χ1v) is 11.1. The van der Waals surface area contributed by atoms with Crippen LogP contribution < -0.4 is 21.7 Å². The summed E-state index contributed by atoms with van der Waals surface area (Å²) < 4.78 is 12.4. The maximum atomic E-state index is 5.80. The van der Waals surface area contributed by atoms with Crippen LogP contribution in [0.15, 0.2) is 54.6 Å². The summed E-state index contributed by atoms with van der Waals surface area (Å²) in [6, 6.07) is 19.1. The fourth-order valence-corrected chi connectivity index (χ4v) is 4.21. The number of quaternary nitrogens is 1. The van der Waals surface area contributed by atoms with E-state index in [1.54, 1.807) is 0 Å². The number of nitrogens with zero attached hydrogens (tertiary/aromatic N) is 1. The maximum Gasteiger partial charge on any atom is 0.119 e. The van der Waals surface area contributed by atoms with Crippen LogP contribution in [0.3, 0.4) is 0 Å². The quantitative estimate of drug-likeness (QED) is 0.355. The Morgan fingerprint density at radius 2 is 1.39 bits per heavy atom. The van der Waals surface area contributed by atoms with E-state index in [0.717, 1.165) is 29.9 Å². The van der Waals surface area contributed by atoms with Gasteiger partial charge in [-0.2, -0.15) is 0 Å². The molecule has 174 valence electrons. The molecular weight excluding hydrogens is 450 g/mol. The lowest BCUT2D eigenvalue weighted by atomic mass is 9.72. The van der Waals surface area contributed by atoms with Gasteiger partial charge in [0.15, 0.2) is 0 Å². The van der Waals surface area contributed by atoms with Gasteiger partial charge in [0.1, 0.15) is 25.4 Å². The topological polar surface area (TPSA) is 18.5 Å². The van der Waals surface area contributed by atoms with Gasteiger partial charge in [0.05, 0.1) is 27.3 Å². The predicted octanol–water partition coefficient (Wildman–Crippen LogP) is 3.08. The van der Waals surface area contributed by atoms with Crippen molar-refractivity contribution in [3.63, 3.8) is 0 Å². The van der Waals surface area contributed by atoms with Gasteiger partial charge in [-0.05, 0) is 34.9 Å². The molecule has 4 heteroatoms. The van der Waals surface area contributed by atoms with E-state index in [0.29, 0.717) is 18.6 Å². The van der Waals surface area contributed by atoms with Gasteiger partial charge in [0, 0.05) is 5.56 Å². The van der Waals surface area contributed by atoms with Gasteiger partial charge in [-0.1, -0.05) is 77.1 Å². The second-order valence-corrected chi connectivity index (χ2v) is 10.9. The molecule has 2 aromatic rings. The normalized spacial score (nSPS) is 12.4. The van der Waals surface area contributed by atoms with E-state index in [-0.39, 0.29) is 22.4 Å². The Bertz CT molecular complexity index is 749. The smallest absolute Gasteiger partial charge is 0.119 e. The molecule has 0 aliphatic carbocycles. The summed E-state index contributed by atoms with van der Waals surface area (Å²) in [7, 11) is 4.53. The van der Waals surface area contributed by atoms with Crippen LogP contribution in [0.1, 0.15) is 52.2 Å². The SMILES string of the molecule is CC(C)(C)CC(C)(C)c1ccc(C[N+](C)(C)CCOCCOc2ccccc2)cc1.[Br-]. The third kappa shape index (κ3) is 10.7. The standard InChI is InChI=1S/C27H42NO2.BrH/c1-26(2,3)22-27(4,5)24-15-13-23(14-16-24)21-28(6,7)17-18-29-19-20-30-25-11-9-8-10-12-25;/h8-16H,17-22H2,1-7H3;1H/q+1;/p-1. The van der Waals surface area contributed by atoms with Gasteiger partial charge in [0.2, 0.25) is 0 Å². The van der Waals surface area contributed by atoms with Crippen molar-refractivity contribution in [1.82, 2.24) is 0 Å². The van der Waals surface area contributed by atoms with Crippen molar-refractivity contribution in [2.75, 3.05) is 40.5 Å². The molecule has 0 aliphatic rings. The molecule has 0 unspecified atom stereocenters. The second-order valence-electron chi connectivity index (χ2n) is 10.9. The molecule has 0 atom stereocenters. The summed E-state index contributed by atoms with van der Waals surface area (Å²) in [6.07, 6.45) is 1.17. The van der Waals surface area contributed by atoms with Gasteiger partial charge in [-0.25, -0.2) is 0 Å². The number of hydrogen-bond donors (Lipinski definition) is 0. The van der Waals surface area contributed by atoms with E-state index in [1.165, 1.54) is 17.5 Å². The molecule has 0 amide bonds. The van der Waals surface area contributed by atoms with E-state index in [1.807, 2.05) is 30.3 Å².